The van der Waals surface area contributed by atoms with Crippen molar-refractivity contribution < 1.29 is 9.47 Å². The summed E-state index contributed by atoms with van der Waals surface area (Å²) in [5.74, 6) is 0.630. The lowest BCUT2D eigenvalue weighted by Crippen LogP contribution is -2.38. The first-order chi connectivity index (χ1) is 9.83. The fourth-order valence-electron chi connectivity index (χ4n) is 2.19. The second kappa shape index (κ2) is 6.47. The second-order valence-electron chi connectivity index (χ2n) is 4.64. The Balaban J connectivity index is 1.62. The molecule has 0 radical (unpaired) electrons. The molecule has 1 saturated heterocycles. The van der Waals surface area contributed by atoms with Gasteiger partial charge < -0.3 is 9.47 Å². The van der Waals surface area contributed by atoms with Crippen LogP contribution in [0, 0.1) is 0 Å². The molecular formula is C14H16BrN3O2. The molecule has 1 aliphatic heterocycles. The molecule has 20 heavy (non-hydrogen) atoms. The SMILES string of the molecule is Brc1cc(OCCN2CCOCC2)nc2cnccc12. The Hall–Kier alpha value is -1.24. The number of fused-ring (bicyclic) bond motifs is 1. The Labute approximate surface area is 126 Å². The molecule has 3 heterocycles. The largest absolute Gasteiger partial charge is 0.476 e. The van der Waals surface area contributed by atoms with Gasteiger partial charge in [0.2, 0.25) is 5.88 Å². The van der Waals surface area contributed by atoms with Crippen molar-refractivity contribution in [3.63, 3.8) is 0 Å². The Bertz CT molecular complexity index is 588. The molecule has 0 N–H and O–H groups in total. The van der Waals surface area contributed by atoms with Gasteiger partial charge in [-0.1, -0.05) is 0 Å². The first kappa shape index (κ1) is 13.7. The van der Waals surface area contributed by atoms with Crippen LogP contribution in [-0.2, 0) is 4.74 Å². The zero-order valence-corrected chi connectivity index (χ0v) is 12.7. The molecule has 2 aromatic heterocycles. The Morgan fingerprint density at radius 2 is 2.20 bits per heavy atom. The van der Waals surface area contributed by atoms with E-state index in [1.54, 1.807) is 12.4 Å². The minimum Gasteiger partial charge on any atom is -0.476 e. The van der Waals surface area contributed by atoms with Gasteiger partial charge in [-0.25, -0.2) is 4.98 Å². The van der Waals surface area contributed by atoms with E-state index in [-0.39, 0.29) is 0 Å². The summed E-state index contributed by atoms with van der Waals surface area (Å²) in [5, 5.41) is 1.04. The van der Waals surface area contributed by atoms with E-state index < -0.39 is 0 Å². The highest BCUT2D eigenvalue weighted by atomic mass is 79.9. The number of ether oxygens (including phenoxy) is 2. The van der Waals surface area contributed by atoms with Gasteiger partial charge in [0.05, 0.1) is 24.9 Å². The van der Waals surface area contributed by atoms with Crippen LogP contribution in [0.25, 0.3) is 10.9 Å². The summed E-state index contributed by atoms with van der Waals surface area (Å²) in [5.41, 5.74) is 0.836. The number of halogens is 1. The highest BCUT2D eigenvalue weighted by Gasteiger charge is 2.10. The predicted octanol–water partition coefficient (Wildman–Crippen LogP) is 2.10. The number of rotatable bonds is 4. The molecule has 106 valence electrons. The first-order valence-electron chi connectivity index (χ1n) is 6.66. The summed E-state index contributed by atoms with van der Waals surface area (Å²) in [7, 11) is 0. The highest BCUT2D eigenvalue weighted by molar-refractivity contribution is 9.10. The lowest BCUT2D eigenvalue weighted by molar-refractivity contribution is 0.0320. The number of hydrogen-bond donors (Lipinski definition) is 0. The minimum absolute atomic E-state index is 0.630. The molecule has 1 fully saturated rings. The summed E-state index contributed by atoms with van der Waals surface area (Å²) in [6, 6.07) is 3.84. The van der Waals surface area contributed by atoms with Crippen LogP contribution in [0.4, 0.5) is 0 Å². The smallest absolute Gasteiger partial charge is 0.215 e. The van der Waals surface area contributed by atoms with E-state index in [1.807, 2.05) is 12.1 Å². The normalized spacial score (nSPS) is 16.4. The van der Waals surface area contributed by atoms with Crippen molar-refractivity contribution in [2.45, 2.75) is 0 Å². The summed E-state index contributed by atoms with van der Waals surface area (Å²) in [6.45, 7) is 5.10. The lowest BCUT2D eigenvalue weighted by atomic mass is 10.3. The van der Waals surface area contributed by atoms with Gasteiger partial charge in [0, 0.05) is 41.8 Å². The molecule has 0 aliphatic carbocycles. The predicted molar refractivity (Wildman–Crippen MR) is 80.0 cm³/mol. The number of aromatic nitrogens is 2. The third-order valence-electron chi connectivity index (χ3n) is 3.30. The minimum atomic E-state index is 0.630. The summed E-state index contributed by atoms with van der Waals surface area (Å²) in [4.78, 5) is 10.9. The van der Waals surface area contributed by atoms with Gasteiger partial charge >= 0.3 is 0 Å². The van der Waals surface area contributed by atoms with Gasteiger partial charge in [-0.05, 0) is 22.0 Å². The average Bonchev–Trinajstić information content (AvgIpc) is 2.48. The molecular weight excluding hydrogens is 322 g/mol. The maximum Gasteiger partial charge on any atom is 0.215 e. The molecule has 1 aliphatic rings. The molecule has 2 aromatic rings. The highest BCUT2D eigenvalue weighted by Crippen LogP contribution is 2.25. The summed E-state index contributed by atoms with van der Waals surface area (Å²) in [6.07, 6.45) is 3.50. The quantitative estimate of drug-likeness (QED) is 0.855. The van der Waals surface area contributed by atoms with Crippen LogP contribution in [0.15, 0.2) is 29.0 Å². The molecule has 0 amide bonds. The molecule has 3 rings (SSSR count). The van der Waals surface area contributed by atoms with Gasteiger partial charge in [0.25, 0.3) is 0 Å². The molecule has 0 bridgehead atoms. The maximum atomic E-state index is 5.75. The third-order valence-corrected chi connectivity index (χ3v) is 3.96. The van der Waals surface area contributed by atoms with Gasteiger partial charge in [-0.2, -0.15) is 0 Å². The monoisotopic (exact) mass is 337 g/mol. The Kier molecular flexibility index (Phi) is 4.44. The van der Waals surface area contributed by atoms with Crippen LogP contribution in [0.5, 0.6) is 5.88 Å². The molecule has 0 saturated carbocycles. The van der Waals surface area contributed by atoms with E-state index in [9.17, 15) is 0 Å². The Morgan fingerprint density at radius 3 is 3.05 bits per heavy atom. The van der Waals surface area contributed by atoms with Crippen molar-refractivity contribution in [2.24, 2.45) is 0 Å². The summed E-state index contributed by atoms with van der Waals surface area (Å²) >= 11 is 3.54. The maximum absolute atomic E-state index is 5.75. The lowest BCUT2D eigenvalue weighted by Gasteiger charge is -2.26. The molecule has 0 atom stereocenters. The number of morpholine rings is 1. The summed E-state index contributed by atoms with van der Waals surface area (Å²) < 4.78 is 12.0. The van der Waals surface area contributed by atoms with Crippen molar-refractivity contribution in [1.29, 1.82) is 0 Å². The van der Waals surface area contributed by atoms with E-state index in [0.717, 1.165) is 48.2 Å². The molecule has 0 aromatic carbocycles. The fourth-order valence-corrected chi connectivity index (χ4v) is 2.72. The van der Waals surface area contributed by atoms with E-state index >= 15 is 0 Å². The van der Waals surface area contributed by atoms with Crippen LogP contribution < -0.4 is 4.74 Å². The van der Waals surface area contributed by atoms with Gasteiger partial charge in [-0.15, -0.1) is 0 Å². The van der Waals surface area contributed by atoms with Crippen LogP contribution >= 0.6 is 15.9 Å². The number of nitrogens with zero attached hydrogens (tertiary/aromatic N) is 3. The zero-order valence-electron chi connectivity index (χ0n) is 11.1. The number of hydrogen-bond acceptors (Lipinski definition) is 5. The van der Waals surface area contributed by atoms with Crippen LogP contribution in [0.3, 0.4) is 0 Å². The third kappa shape index (κ3) is 3.26. The molecule has 6 heteroatoms. The van der Waals surface area contributed by atoms with E-state index in [4.69, 9.17) is 9.47 Å². The van der Waals surface area contributed by atoms with Crippen molar-refractivity contribution >= 4 is 26.8 Å². The van der Waals surface area contributed by atoms with E-state index in [0.29, 0.717) is 12.5 Å². The van der Waals surface area contributed by atoms with E-state index in [2.05, 4.69) is 30.8 Å². The average molecular weight is 338 g/mol. The standard InChI is InChI=1S/C14H16BrN3O2/c15-12-9-14(17-13-10-16-2-1-11(12)13)20-8-5-18-3-6-19-7-4-18/h1-2,9-10H,3-8H2. The first-order valence-corrected chi connectivity index (χ1v) is 7.45. The van der Waals surface area contributed by atoms with Gasteiger partial charge in [-0.3, -0.25) is 9.88 Å². The van der Waals surface area contributed by atoms with Crippen LogP contribution in [0.1, 0.15) is 0 Å². The van der Waals surface area contributed by atoms with Crippen LogP contribution in [0.2, 0.25) is 0 Å². The van der Waals surface area contributed by atoms with Crippen molar-refractivity contribution in [1.82, 2.24) is 14.9 Å². The Morgan fingerprint density at radius 1 is 1.35 bits per heavy atom. The van der Waals surface area contributed by atoms with Crippen molar-refractivity contribution in [3.8, 4) is 5.88 Å². The van der Waals surface area contributed by atoms with Gasteiger partial charge in [0.1, 0.15) is 6.61 Å². The second-order valence-corrected chi connectivity index (χ2v) is 5.49. The topological polar surface area (TPSA) is 47.5 Å². The van der Waals surface area contributed by atoms with Crippen molar-refractivity contribution in [2.75, 3.05) is 39.5 Å². The number of pyridine rings is 2. The van der Waals surface area contributed by atoms with Crippen molar-refractivity contribution in [3.05, 3.63) is 29.0 Å². The van der Waals surface area contributed by atoms with Crippen LogP contribution in [-0.4, -0.2) is 54.3 Å². The fraction of sp³-hybridized carbons (Fsp3) is 0.429. The van der Waals surface area contributed by atoms with E-state index in [1.165, 1.54) is 0 Å². The van der Waals surface area contributed by atoms with Gasteiger partial charge in [0.15, 0.2) is 0 Å². The molecule has 5 nitrogen and oxygen atoms in total. The molecule has 0 unspecified atom stereocenters. The molecule has 0 spiro atoms. The zero-order chi connectivity index (χ0) is 13.8.